The van der Waals surface area contributed by atoms with E-state index in [1.807, 2.05) is 13.8 Å². The Morgan fingerprint density at radius 2 is 2.00 bits per heavy atom. The molecule has 0 aromatic carbocycles. The standard InChI is InChI=1S/C17H26N2O4/c1-11(2)13(9-15(18)21)17-16(22)14(20)8-12(23-17)10-19-6-4-3-5-7-19/h8,11,13,22H,3-7,9-10H2,1-2H3,(H2,18,21). The average Bonchev–Trinajstić information content (AvgIpc) is 2.49. The third kappa shape index (κ3) is 4.58. The summed E-state index contributed by atoms with van der Waals surface area (Å²) in [6, 6.07) is 1.34. The Morgan fingerprint density at radius 3 is 2.57 bits per heavy atom. The van der Waals surface area contributed by atoms with E-state index >= 15 is 0 Å². The van der Waals surface area contributed by atoms with Gasteiger partial charge < -0.3 is 15.3 Å². The molecule has 1 aliphatic heterocycles. The zero-order chi connectivity index (χ0) is 17.0. The quantitative estimate of drug-likeness (QED) is 0.834. The molecule has 1 saturated heterocycles. The van der Waals surface area contributed by atoms with Gasteiger partial charge in [0, 0.05) is 18.4 Å². The van der Waals surface area contributed by atoms with Crippen LogP contribution in [-0.4, -0.2) is 29.0 Å². The maximum absolute atomic E-state index is 12.1. The van der Waals surface area contributed by atoms with Crippen molar-refractivity contribution in [1.82, 2.24) is 4.90 Å². The Balaban J connectivity index is 2.30. The summed E-state index contributed by atoms with van der Waals surface area (Å²) < 4.78 is 5.82. The molecule has 0 bridgehead atoms. The number of primary amides is 1. The number of nitrogens with two attached hydrogens (primary N) is 1. The van der Waals surface area contributed by atoms with E-state index in [2.05, 4.69) is 4.90 Å². The summed E-state index contributed by atoms with van der Waals surface area (Å²) >= 11 is 0. The number of aromatic hydroxyl groups is 1. The molecule has 1 atom stereocenters. The maximum atomic E-state index is 12.1. The third-order valence-corrected chi connectivity index (χ3v) is 4.39. The van der Waals surface area contributed by atoms with Gasteiger partial charge in [-0.15, -0.1) is 0 Å². The topological polar surface area (TPSA) is 96.8 Å². The Hall–Kier alpha value is -1.82. The lowest BCUT2D eigenvalue weighted by molar-refractivity contribution is -0.118. The van der Waals surface area contributed by atoms with E-state index in [9.17, 15) is 14.7 Å². The molecule has 0 aliphatic carbocycles. The van der Waals surface area contributed by atoms with Gasteiger partial charge >= 0.3 is 0 Å². The zero-order valence-electron chi connectivity index (χ0n) is 13.9. The minimum Gasteiger partial charge on any atom is -0.502 e. The van der Waals surface area contributed by atoms with Gasteiger partial charge in [0.15, 0.2) is 5.76 Å². The van der Waals surface area contributed by atoms with E-state index in [0.717, 1.165) is 25.9 Å². The number of hydrogen-bond donors (Lipinski definition) is 2. The van der Waals surface area contributed by atoms with Crippen LogP contribution >= 0.6 is 0 Å². The normalized spacial score (nSPS) is 17.3. The first-order valence-corrected chi connectivity index (χ1v) is 8.25. The van der Waals surface area contributed by atoms with Crippen molar-refractivity contribution >= 4 is 5.91 Å². The smallest absolute Gasteiger partial charge is 0.227 e. The van der Waals surface area contributed by atoms with Crippen molar-refractivity contribution in [2.45, 2.75) is 52.0 Å². The maximum Gasteiger partial charge on any atom is 0.227 e. The molecule has 1 fully saturated rings. The van der Waals surface area contributed by atoms with Gasteiger partial charge in [-0.2, -0.15) is 0 Å². The van der Waals surface area contributed by atoms with Gasteiger partial charge in [-0.25, -0.2) is 0 Å². The highest BCUT2D eigenvalue weighted by atomic mass is 16.4. The minimum atomic E-state index is -0.479. The second-order valence-corrected chi connectivity index (χ2v) is 6.65. The zero-order valence-corrected chi connectivity index (χ0v) is 13.9. The molecular weight excluding hydrogens is 296 g/mol. The van der Waals surface area contributed by atoms with Gasteiger partial charge in [0.05, 0.1) is 6.54 Å². The summed E-state index contributed by atoms with van der Waals surface area (Å²) in [6.07, 6.45) is 3.56. The number of likely N-dealkylation sites (tertiary alicyclic amines) is 1. The first-order valence-electron chi connectivity index (χ1n) is 8.25. The SMILES string of the molecule is CC(C)C(CC(N)=O)c1oc(CN2CCCCC2)cc(=O)c1O. The van der Waals surface area contributed by atoms with Crippen LogP contribution < -0.4 is 11.2 Å². The summed E-state index contributed by atoms with van der Waals surface area (Å²) in [5.74, 6) is -0.569. The van der Waals surface area contributed by atoms with Crippen LogP contribution in [0.1, 0.15) is 57.0 Å². The van der Waals surface area contributed by atoms with Crippen molar-refractivity contribution < 1.29 is 14.3 Å². The molecule has 1 aliphatic rings. The van der Waals surface area contributed by atoms with Gasteiger partial charge in [0.1, 0.15) is 5.76 Å². The Labute approximate surface area is 136 Å². The fraction of sp³-hybridized carbons (Fsp3) is 0.647. The van der Waals surface area contributed by atoms with Crippen LogP contribution in [0.5, 0.6) is 5.75 Å². The predicted molar refractivity (Wildman–Crippen MR) is 87.2 cm³/mol. The molecule has 1 aromatic rings. The Morgan fingerprint density at radius 1 is 1.35 bits per heavy atom. The molecule has 0 saturated carbocycles. The molecule has 2 rings (SSSR count). The minimum absolute atomic E-state index is 0.0155. The van der Waals surface area contributed by atoms with Crippen molar-refractivity contribution in [2.75, 3.05) is 13.1 Å². The van der Waals surface area contributed by atoms with Crippen LogP contribution in [0.15, 0.2) is 15.3 Å². The molecule has 2 heterocycles. The van der Waals surface area contributed by atoms with E-state index in [-0.39, 0.29) is 18.1 Å². The van der Waals surface area contributed by atoms with Crippen molar-refractivity contribution in [2.24, 2.45) is 11.7 Å². The Kier molecular flexibility index (Phi) is 5.82. The lowest BCUT2D eigenvalue weighted by Gasteiger charge is -2.26. The van der Waals surface area contributed by atoms with E-state index in [1.54, 1.807) is 0 Å². The summed E-state index contributed by atoms with van der Waals surface area (Å²) in [5, 5.41) is 10.1. The van der Waals surface area contributed by atoms with Crippen molar-refractivity contribution in [3.05, 3.63) is 27.8 Å². The van der Waals surface area contributed by atoms with E-state index < -0.39 is 23.0 Å². The number of carbonyl (C=O) groups excluding carboxylic acids is 1. The van der Waals surface area contributed by atoms with Crippen molar-refractivity contribution in [3.63, 3.8) is 0 Å². The van der Waals surface area contributed by atoms with Crippen molar-refractivity contribution in [1.29, 1.82) is 0 Å². The molecule has 6 heteroatoms. The van der Waals surface area contributed by atoms with E-state index in [0.29, 0.717) is 12.3 Å². The van der Waals surface area contributed by atoms with Gasteiger partial charge in [-0.05, 0) is 31.8 Å². The summed E-state index contributed by atoms with van der Waals surface area (Å²) in [4.78, 5) is 25.6. The largest absolute Gasteiger partial charge is 0.502 e. The molecule has 1 amide bonds. The highest BCUT2D eigenvalue weighted by Gasteiger charge is 2.26. The highest BCUT2D eigenvalue weighted by molar-refractivity contribution is 5.74. The van der Waals surface area contributed by atoms with E-state index in [1.165, 1.54) is 12.5 Å². The van der Waals surface area contributed by atoms with Crippen LogP contribution in [0, 0.1) is 5.92 Å². The molecule has 0 radical (unpaired) electrons. The van der Waals surface area contributed by atoms with Gasteiger partial charge in [0.2, 0.25) is 17.1 Å². The fourth-order valence-corrected chi connectivity index (χ4v) is 3.07. The number of rotatable bonds is 6. The molecule has 128 valence electrons. The molecule has 0 spiro atoms. The van der Waals surface area contributed by atoms with Crippen LogP contribution in [-0.2, 0) is 11.3 Å². The van der Waals surface area contributed by atoms with Gasteiger partial charge in [-0.1, -0.05) is 20.3 Å². The molecular formula is C17H26N2O4. The molecule has 23 heavy (non-hydrogen) atoms. The Bertz CT molecular complexity index is 603. The van der Waals surface area contributed by atoms with Crippen molar-refractivity contribution in [3.8, 4) is 5.75 Å². The number of hydrogen-bond acceptors (Lipinski definition) is 5. The molecule has 1 aromatic heterocycles. The number of carbonyl (C=O) groups is 1. The number of nitrogens with zero attached hydrogens (tertiary/aromatic N) is 1. The monoisotopic (exact) mass is 322 g/mol. The second kappa shape index (κ2) is 7.64. The number of piperidine rings is 1. The second-order valence-electron chi connectivity index (χ2n) is 6.65. The first-order chi connectivity index (χ1) is 10.9. The average molecular weight is 322 g/mol. The number of amides is 1. The van der Waals surface area contributed by atoms with Crippen LogP contribution in [0.2, 0.25) is 0 Å². The molecule has 3 N–H and O–H groups in total. The molecule has 6 nitrogen and oxygen atoms in total. The van der Waals surface area contributed by atoms with Crippen LogP contribution in [0.3, 0.4) is 0 Å². The lowest BCUT2D eigenvalue weighted by Crippen LogP contribution is -2.29. The summed E-state index contributed by atoms with van der Waals surface area (Å²) in [6.45, 7) is 6.32. The fourth-order valence-electron chi connectivity index (χ4n) is 3.07. The lowest BCUT2D eigenvalue weighted by atomic mass is 9.89. The summed E-state index contributed by atoms with van der Waals surface area (Å²) in [7, 11) is 0. The highest BCUT2D eigenvalue weighted by Crippen LogP contribution is 2.33. The van der Waals surface area contributed by atoms with Crippen LogP contribution in [0.25, 0.3) is 0 Å². The van der Waals surface area contributed by atoms with Crippen LogP contribution in [0.4, 0.5) is 0 Å². The van der Waals surface area contributed by atoms with Gasteiger partial charge in [-0.3, -0.25) is 14.5 Å². The third-order valence-electron chi connectivity index (χ3n) is 4.39. The summed E-state index contributed by atoms with van der Waals surface area (Å²) in [5.41, 5.74) is 4.83. The molecule has 1 unspecified atom stereocenters. The predicted octanol–water partition coefficient (Wildman–Crippen LogP) is 1.95. The van der Waals surface area contributed by atoms with Gasteiger partial charge in [0.25, 0.3) is 0 Å². The first kappa shape index (κ1) is 17.5. The van der Waals surface area contributed by atoms with E-state index in [4.69, 9.17) is 10.2 Å².